The summed E-state index contributed by atoms with van der Waals surface area (Å²) >= 11 is 0. The first-order valence-corrected chi connectivity index (χ1v) is 8.86. The second-order valence-electron chi connectivity index (χ2n) is 6.71. The van der Waals surface area contributed by atoms with Crippen LogP contribution in [-0.2, 0) is 14.3 Å². The molecule has 0 aromatic carbocycles. The molecule has 0 N–H and O–H groups in total. The standard InChI is InChI=1S/C18H28N2O3/c1-15(19-8-2-3-9-19)14-18(21)20-10-4-16(5-11-20)23-17-6-12-22-13-7-17/h2-3,8-9,15-17H,4-7,10-14H2,1H3/t15-/m0/s1. The highest BCUT2D eigenvalue weighted by Crippen LogP contribution is 2.21. The molecule has 128 valence electrons. The van der Waals surface area contributed by atoms with Crippen LogP contribution in [0.4, 0.5) is 0 Å². The number of piperidine rings is 1. The van der Waals surface area contributed by atoms with Crippen molar-refractivity contribution in [3.05, 3.63) is 24.5 Å². The summed E-state index contributed by atoms with van der Waals surface area (Å²) in [4.78, 5) is 14.5. The van der Waals surface area contributed by atoms with Gasteiger partial charge in [-0.15, -0.1) is 0 Å². The highest BCUT2D eigenvalue weighted by molar-refractivity contribution is 5.76. The Morgan fingerprint density at radius 1 is 1.13 bits per heavy atom. The molecule has 2 aliphatic heterocycles. The van der Waals surface area contributed by atoms with Crippen LogP contribution in [0.25, 0.3) is 0 Å². The Kier molecular flexibility index (Phi) is 5.73. The summed E-state index contributed by atoms with van der Waals surface area (Å²) in [5, 5.41) is 0. The summed E-state index contributed by atoms with van der Waals surface area (Å²) in [6.45, 7) is 5.38. The van der Waals surface area contributed by atoms with E-state index in [1.54, 1.807) is 0 Å². The number of amides is 1. The predicted octanol–water partition coefficient (Wildman–Crippen LogP) is 2.63. The smallest absolute Gasteiger partial charge is 0.224 e. The molecule has 0 unspecified atom stereocenters. The fourth-order valence-corrected chi connectivity index (χ4v) is 3.45. The summed E-state index contributed by atoms with van der Waals surface area (Å²) in [5.74, 6) is 0.260. The maximum atomic E-state index is 12.5. The van der Waals surface area contributed by atoms with Gasteiger partial charge in [0.05, 0.1) is 12.2 Å². The van der Waals surface area contributed by atoms with Crippen molar-refractivity contribution in [2.45, 2.75) is 57.3 Å². The number of carbonyl (C=O) groups excluding carboxylic acids is 1. The molecule has 5 heteroatoms. The van der Waals surface area contributed by atoms with Gasteiger partial charge in [-0.1, -0.05) is 0 Å². The van der Waals surface area contributed by atoms with Crippen molar-refractivity contribution in [2.75, 3.05) is 26.3 Å². The van der Waals surface area contributed by atoms with E-state index in [9.17, 15) is 4.79 Å². The lowest BCUT2D eigenvalue weighted by molar-refractivity contribution is -0.136. The minimum atomic E-state index is 0.216. The minimum absolute atomic E-state index is 0.216. The van der Waals surface area contributed by atoms with Gasteiger partial charge in [0.2, 0.25) is 5.91 Å². The van der Waals surface area contributed by atoms with E-state index in [0.717, 1.165) is 52.0 Å². The number of ether oxygens (including phenoxy) is 2. The Morgan fingerprint density at radius 2 is 1.74 bits per heavy atom. The van der Waals surface area contributed by atoms with Gasteiger partial charge in [-0.05, 0) is 44.7 Å². The summed E-state index contributed by atoms with van der Waals surface area (Å²) in [7, 11) is 0. The minimum Gasteiger partial charge on any atom is -0.381 e. The monoisotopic (exact) mass is 320 g/mol. The summed E-state index contributed by atoms with van der Waals surface area (Å²) in [5.41, 5.74) is 0. The quantitative estimate of drug-likeness (QED) is 0.838. The van der Waals surface area contributed by atoms with Crippen LogP contribution in [-0.4, -0.2) is 53.9 Å². The van der Waals surface area contributed by atoms with Gasteiger partial charge in [0.15, 0.2) is 0 Å². The van der Waals surface area contributed by atoms with Gasteiger partial charge in [-0.25, -0.2) is 0 Å². The molecular weight excluding hydrogens is 292 g/mol. The average Bonchev–Trinajstić information content (AvgIpc) is 3.11. The van der Waals surface area contributed by atoms with Crippen LogP contribution in [0.3, 0.4) is 0 Å². The lowest BCUT2D eigenvalue weighted by Crippen LogP contribution is -2.42. The highest BCUT2D eigenvalue weighted by atomic mass is 16.5. The molecular formula is C18H28N2O3. The molecule has 3 rings (SSSR count). The van der Waals surface area contributed by atoms with E-state index in [4.69, 9.17) is 9.47 Å². The van der Waals surface area contributed by atoms with Gasteiger partial charge >= 0.3 is 0 Å². The average molecular weight is 320 g/mol. The number of likely N-dealkylation sites (tertiary alicyclic amines) is 1. The van der Waals surface area contributed by atoms with Crippen LogP contribution in [0, 0.1) is 0 Å². The Balaban J connectivity index is 1.40. The molecule has 0 saturated carbocycles. The Bertz CT molecular complexity index is 474. The number of aromatic nitrogens is 1. The zero-order chi connectivity index (χ0) is 16.1. The van der Waals surface area contributed by atoms with E-state index in [0.29, 0.717) is 18.6 Å². The molecule has 1 aromatic heterocycles. The molecule has 2 fully saturated rings. The van der Waals surface area contributed by atoms with Crippen molar-refractivity contribution >= 4 is 5.91 Å². The number of carbonyl (C=O) groups is 1. The van der Waals surface area contributed by atoms with E-state index in [-0.39, 0.29) is 11.9 Å². The second kappa shape index (κ2) is 7.97. The zero-order valence-corrected chi connectivity index (χ0v) is 14.0. The third-order valence-corrected chi connectivity index (χ3v) is 4.95. The number of hydrogen-bond donors (Lipinski definition) is 0. The van der Waals surface area contributed by atoms with E-state index < -0.39 is 0 Å². The molecule has 1 aromatic rings. The van der Waals surface area contributed by atoms with Crippen molar-refractivity contribution in [1.29, 1.82) is 0 Å². The number of hydrogen-bond acceptors (Lipinski definition) is 3. The Hall–Kier alpha value is -1.33. The Morgan fingerprint density at radius 3 is 2.39 bits per heavy atom. The van der Waals surface area contributed by atoms with E-state index in [2.05, 4.69) is 11.5 Å². The lowest BCUT2D eigenvalue weighted by Gasteiger charge is -2.35. The van der Waals surface area contributed by atoms with Crippen LogP contribution >= 0.6 is 0 Å². The molecule has 0 bridgehead atoms. The second-order valence-corrected chi connectivity index (χ2v) is 6.71. The van der Waals surface area contributed by atoms with Gasteiger partial charge in [0.1, 0.15) is 0 Å². The van der Waals surface area contributed by atoms with Crippen molar-refractivity contribution < 1.29 is 14.3 Å². The maximum absolute atomic E-state index is 12.5. The summed E-state index contributed by atoms with van der Waals surface area (Å²) < 4.78 is 13.6. The third-order valence-electron chi connectivity index (χ3n) is 4.95. The molecule has 0 aliphatic carbocycles. The molecule has 23 heavy (non-hydrogen) atoms. The zero-order valence-electron chi connectivity index (χ0n) is 14.0. The van der Waals surface area contributed by atoms with Crippen LogP contribution in [0.1, 0.15) is 45.1 Å². The molecule has 2 aliphatic rings. The molecule has 2 saturated heterocycles. The maximum Gasteiger partial charge on any atom is 0.224 e. The predicted molar refractivity (Wildman–Crippen MR) is 88.3 cm³/mol. The van der Waals surface area contributed by atoms with E-state index in [1.165, 1.54) is 0 Å². The number of nitrogens with zero attached hydrogens (tertiary/aromatic N) is 2. The van der Waals surface area contributed by atoms with Crippen LogP contribution in [0.5, 0.6) is 0 Å². The molecule has 0 radical (unpaired) electrons. The molecule has 0 spiro atoms. The highest BCUT2D eigenvalue weighted by Gasteiger charge is 2.26. The molecule has 1 amide bonds. The third kappa shape index (κ3) is 4.58. The number of rotatable bonds is 5. The van der Waals surface area contributed by atoms with Crippen molar-refractivity contribution in [2.24, 2.45) is 0 Å². The molecule has 3 heterocycles. The first kappa shape index (κ1) is 16.5. The molecule has 5 nitrogen and oxygen atoms in total. The van der Waals surface area contributed by atoms with Gasteiger partial charge in [0, 0.05) is 51.2 Å². The van der Waals surface area contributed by atoms with Crippen molar-refractivity contribution in [3.63, 3.8) is 0 Å². The van der Waals surface area contributed by atoms with Crippen LogP contribution in [0.15, 0.2) is 24.5 Å². The topological polar surface area (TPSA) is 43.7 Å². The van der Waals surface area contributed by atoms with Gasteiger partial charge in [0.25, 0.3) is 0 Å². The Labute approximate surface area is 138 Å². The SMILES string of the molecule is C[C@@H](CC(=O)N1CCC(OC2CCOCC2)CC1)n1cccc1. The largest absolute Gasteiger partial charge is 0.381 e. The van der Waals surface area contributed by atoms with Gasteiger partial charge < -0.3 is 18.9 Å². The lowest BCUT2D eigenvalue weighted by atomic mass is 10.1. The fourth-order valence-electron chi connectivity index (χ4n) is 3.45. The van der Waals surface area contributed by atoms with E-state index in [1.807, 2.05) is 29.4 Å². The normalized spacial score (nSPS) is 22.2. The van der Waals surface area contributed by atoms with Crippen LogP contribution in [0.2, 0.25) is 0 Å². The van der Waals surface area contributed by atoms with Crippen molar-refractivity contribution in [3.8, 4) is 0 Å². The first-order valence-electron chi connectivity index (χ1n) is 8.86. The van der Waals surface area contributed by atoms with Crippen molar-refractivity contribution in [1.82, 2.24) is 9.47 Å². The summed E-state index contributed by atoms with van der Waals surface area (Å²) in [6.07, 6.45) is 9.20. The van der Waals surface area contributed by atoms with Gasteiger partial charge in [-0.3, -0.25) is 4.79 Å². The van der Waals surface area contributed by atoms with Gasteiger partial charge in [-0.2, -0.15) is 0 Å². The fraction of sp³-hybridized carbons (Fsp3) is 0.722. The summed E-state index contributed by atoms with van der Waals surface area (Å²) in [6, 6.07) is 4.22. The van der Waals surface area contributed by atoms with Crippen LogP contribution < -0.4 is 0 Å². The first-order chi connectivity index (χ1) is 11.2. The van der Waals surface area contributed by atoms with E-state index >= 15 is 0 Å². The molecule has 1 atom stereocenters.